The third-order valence-electron chi connectivity index (χ3n) is 6.71. The third kappa shape index (κ3) is 11.2. The van der Waals surface area contributed by atoms with Crippen LogP contribution in [0.15, 0.2) is 27.0 Å². The molecule has 15 nitrogen and oxygen atoms in total. The Morgan fingerprint density at radius 2 is 1.93 bits per heavy atom. The van der Waals surface area contributed by atoms with Crippen LogP contribution in [-0.2, 0) is 18.8 Å². The summed E-state index contributed by atoms with van der Waals surface area (Å²) < 4.78 is 12.3. The molecule has 1 amide bonds. The molecular weight excluding hydrogens is 609 g/mol. The average Bonchev–Trinajstić information content (AvgIpc) is 3.24. The van der Waals surface area contributed by atoms with Gasteiger partial charge in [-0.05, 0) is 31.2 Å². The number of carbonyl (C=O) groups is 3. The minimum absolute atomic E-state index is 0.0120. The summed E-state index contributed by atoms with van der Waals surface area (Å²) in [5, 5.41) is 27.2. The highest BCUT2D eigenvalue weighted by Crippen LogP contribution is 2.44. The molecule has 0 spiro atoms. The molecule has 18 heteroatoms. The molecule has 0 aliphatic carbocycles. The Labute approximate surface area is 248 Å². The zero-order valence-corrected chi connectivity index (χ0v) is 26.5. The first kappa shape index (κ1) is 36.1. The molecule has 5 unspecified atom stereocenters. The molecule has 1 aliphatic heterocycles. The zero-order chi connectivity index (χ0) is 31.1. The standard InChI is InChI=1S/C24H39N6O9P3/c1-2-16(31)6-4-3-5-12-26-18(32)9-7-15(27-28-25)8-10-19(33)30-20(34)11-13-29(24(30)37)23-22(36)21(35)17(39-23)14-38-41-42-40/h11,13,15,17,21-23,35-36,41-42H,2-10,12,14,40H2,1H3,(H,26,32)/t15?,17-,21?,22+,23-/m1/s1. The van der Waals surface area contributed by atoms with Gasteiger partial charge in [-0.2, -0.15) is 4.57 Å². The van der Waals surface area contributed by atoms with Gasteiger partial charge in [-0.3, -0.25) is 23.7 Å². The number of nitrogens with zero attached hydrogens (tertiary/aromatic N) is 5. The van der Waals surface area contributed by atoms with Gasteiger partial charge in [0.25, 0.3) is 5.56 Å². The first-order valence-electron chi connectivity index (χ1n) is 13.7. The van der Waals surface area contributed by atoms with Crippen LogP contribution in [0.2, 0.25) is 0 Å². The van der Waals surface area contributed by atoms with E-state index in [0.717, 1.165) is 36.1 Å². The fourth-order valence-corrected chi connectivity index (χ4v) is 5.91. The molecule has 1 saturated heterocycles. The molecule has 1 aliphatic rings. The van der Waals surface area contributed by atoms with Crippen LogP contribution in [0.4, 0.5) is 0 Å². The first-order chi connectivity index (χ1) is 20.1. The van der Waals surface area contributed by atoms with Gasteiger partial charge in [-0.25, -0.2) is 4.79 Å². The molecule has 0 saturated carbocycles. The van der Waals surface area contributed by atoms with Crippen molar-refractivity contribution < 1.29 is 33.9 Å². The van der Waals surface area contributed by atoms with Gasteiger partial charge in [0.15, 0.2) is 6.23 Å². The molecular formula is C24H39N6O9P3. The van der Waals surface area contributed by atoms with Crippen molar-refractivity contribution in [2.45, 2.75) is 95.3 Å². The Kier molecular flexibility index (Phi) is 16.6. The van der Waals surface area contributed by atoms with Gasteiger partial charge in [-0.1, -0.05) is 26.4 Å². The maximum Gasteiger partial charge on any atom is 0.340 e. The molecule has 1 aromatic rings. The number of carbonyl (C=O) groups excluding carboxylic acids is 3. The van der Waals surface area contributed by atoms with E-state index in [0.29, 0.717) is 31.9 Å². The molecule has 8 atom stereocenters. The molecule has 1 aromatic heterocycles. The number of aromatic nitrogens is 2. The number of aliphatic hydroxyl groups is 2. The van der Waals surface area contributed by atoms with Crippen molar-refractivity contribution in [3.8, 4) is 0 Å². The van der Waals surface area contributed by atoms with Crippen LogP contribution >= 0.6 is 25.4 Å². The van der Waals surface area contributed by atoms with E-state index in [-0.39, 0.29) is 52.5 Å². The topological polar surface area (TPSA) is 215 Å². The van der Waals surface area contributed by atoms with Gasteiger partial charge in [0.2, 0.25) is 11.8 Å². The Hall–Kier alpha value is -2.07. The number of unbranched alkanes of at least 4 members (excludes halogenated alkanes) is 2. The van der Waals surface area contributed by atoms with E-state index < -0.39 is 47.7 Å². The van der Waals surface area contributed by atoms with E-state index in [1.54, 1.807) is 0 Å². The molecule has 3 N–H and O–H groups in total. The van der Waals surface area contributed by atoms with Crippen molar-refractivity contribution in [1.29, 1.82) is 0 Å². The van der Waals surface area contributed by atoms with E-state index >= 15 is 0 Å². The lowest BCUT2D eigenvalue weighted by molar-refractivity contribution is -0.121. The van der Waals surface area contributed by atoms with Gasteiger partial charge in [0.1, 0.15) is 24.1 Å². The summed E-state index contributed by atoms with van der Waals surface area (Å²) >= 11 is 0. The highest BCUT2D eigenvalue weighted by Gasteiger charge is 2.44. The number of ketones is 1. The van der Waals surface area contributed by atoms with Crippen LogP contribution in [0.25, 0.3) is 10.4 Å². The van der Waals surface area contributed by atoms with Crippen LogP contribution in [0.1, 0.15) is 75.7 Å². The molecule has 42 heavy (non-hydrogen) atoms. The van der Waals surface area contributed by atoms with Crippen LogP contribution in [-0.4, -0.2) is 74.5 Å². The number of aliphatic hydroxyl groups excluding tert-OH is 2. The van der Waals surface area contributed by atoms with Gasteiger partial charge < -0.3 is 24.8 Å². The molecule has 1 fully saturated rings. The van der Waals surface area contributed by atoms with E-state index in [2.05, 4.69) is 24.3 Å². The molecule has 0 aromatic carbocycles. The number of amides is 1. The Morgan fingerprint density at radius 3 is 2.62 bits per heavy atom. The van der Waals surface area contributed by atoms with Crippen LogP contribution in [0.5, 0.6) is 0 Å². The quantitative estimate of drug-likeness (QED) is 0.0658. The van der Waals surface area contributed by atoms with Crippen LogP contribution in [0.3, 0.4) is 0 Å². The second-order valence-electron chi connectivity index (χ2n) is 9.67. The Balaban J connectivity index is 1.94. The largest absolute Gasteiger partial charge is 0.387 e. The second kappa shape index (κ2) is 19.3. The summed E-state index contributed by atoms with van der Waals surface area (Å²) in [5.74, 6) is -0.895. The van der Waals surface area contributed by atoms with E-state index in [4.69, 9.17) is 14.8 Å². The lowest BCUT2D eigenvalue weighted by atomic mass is 10.1. The number of hydrogen-bond acceptors (Lipinski definition) is 10. The third-order valence-corrected chi connectivity index (χ3v) is 8.99. The molecule has 0 radical (unpaired) electrons. The number of ether oxygens (including phenoxy) is 1. The summed E-state index contributed by atoms with van der Waals surface area (Å²) in [6, 6.07) is 0.240. The predicted octanol–water partition coefficient (Wildman–Crippen LogP) is 2.16. The van der Waals surface area contributed by atoms with Gasteiger partial charge >= 0.3 is 5.69 Å². The highest BCUT2D eigenvalue weighted by atomic mass is 32.4. The van der Waals surface area contributed by atoms with E-state index in [1.807, 2.05) is 6.92 Å². The molecule has 2 heterocycles. The Bertz CT molecular complexity index is 1220. The van der Waals surface area contributed by atoms with Crippen molar-refractivity contribution in [1.82, 2.24) is 14.5 Å². The normalized spacial score (nSPS) is 21.1. The number of Topliss-reactive ketones (excluding diaryl/α,β-unsaturated/α-hetero) is 1. The van der Waals surface area contributed by atoms with Gasteiger partial charge in [0, 0.05) is 63.9 Å². The van der Waals surface area contributed by atoms with Crippen molar-refractivity contribution in [2.75, 3.05) is 13.2 Å². The maximum absolute atomic E-state index is 13.1. The van der Waals surface area contributed by atoms with Gasteiger partial charge in [0.05, 0.1) is 6.61 Å². The summed E-state index contributed by atoms with van der Waals surface area (Å²) in [7, 11) is 3.14. The number of hydrogen-bond donors (Lipinski definition) is 3. The fourth-order valence-electron chi connectivity index (χ4n) is 4.33. The van der Waals surface area contributed by atoms with Crippen LogP contribution in [0, 0.1) is 0 Å². The molecule has 0 bridgehead atoms. The van der Waals surface area contributed by atoms with E-state index in [1.165, 1.54) is 0 Å². The monoisotopic (exact) mass is 648 g/mol. The summed E-state index contributed by atoms with van der Waals surface area (Å²) in [4.78, 5) is 64.7. The van der Waals surface area contributed by atoms with Gasteiger partial charge in [-0.15, -0.1) is 8.93 Å². The number of azide groups is 1. The lowest BCUT2D eigenvalue weighted by Gasteiger charge is -2.18. The summed E-state index contributed by atoms with van der Waals surface area (Å²) in [6.07, 6.45) is -0.809. The Morgan fingerprint density at radius 1 is 1.19 bits per heavy atom. The van der Waals surface area contributed by atoms with Crippen molar-refractivity contribution >= 4 is 43.0 Å². The van der Waals surface area contributed by atoms with Crippen molar-refractivity contribution in [3.05, 3.63) is 43.5 Å². The minimum Gasteiger partial charge on any atom is -0.387 e. The summed E-state index contributed by atoms with van der Waals surface area (Å²) in [5.41, 5.74) is 6.97. The van der Waals surface area contributed by atoms with Crippen LogP contribution < -0.4 is 16.6 Å². The highest BCUT2D eigenvalue weighted by molar-refractivity contribution is 8.37. The van der Waals surface area contributed by atoms with Crippen molar-refractivity contribution in [3.63, 3.8) is 0 Å². The molecule has 234 valence electrons. The molecule has 2 rings (SSSR count). The maximum atomic E-state index is 13.1. The predicted molar refractivity (Wildman–Crippen MR) is 162 cm³/mol. The number of nitrogens with one attached hydrogen (secondary N) is 1. The lowest BCUT2D eigenvalue weighted by Crippen LogP contribution is -2.45. The summed E-state index contributed by atoms with van der Waals surface area (Å²) in [6.45, 7) is 2.27. The first-order valence-corrected chi connectivity index (χ1v) is 18.4. The minimum atomic E-state index is -1.51. The number of rotatable bonds is 19. The SMILES string of the molecule is CCC(=O)CCCCCNC(=O)CCC(CCC(=O)n1c(=O)ccn([C@@H]2O[C@H](COPPP)C(O)[C@@H]2O)c1=O)N=[N+]=[N-]. The second-order valence-corrected chi connectivity index (χ2v) is 14.5. The van der Waals surface area contributed by atoms with Crippen molar-refractivity contribution in [2.24, 2.45) is 5.11 Å². The average molecular weight is 649 g/mol. The smallest absolute Gasteiger partial charge is 0.340 e. The van der Waals surface area contributed by atoms with E-state index in [9.17, 15) is 34.2 Å². The fraction of sp³-hybridized carbons (Fsp3) is 0.708. The zero-order valence-electron chi connectivity index (χ0n) is 23.4.